The van der Waals surface area contributed by atoms with Crippen molar-refractivity contribution in [1.82, 2.24) is 5.32 Å². The quantitative estimate of drug-likeness (QED) is 0.836. The molecule has 0 aliphatic heterocycles. The van der Waals surface area contributed by atoms with Crippen LogP contribution in [0.2, 0.25) is 0 Å². The lowest BCUT2D eigenvalue weighted by Gasteiger charge is -2.26. The summed E-state index contributed by atoms with van der Waals surface area (Å²) in [4.78, 5) is 24.3. The Morgan fingerprint density at radius 3 is 2.24 bits per heavy atom. The molecule has 0 heterocycles. The normalized spacial score (nSPS) is 12.9. The molecule has 0 aliphatic rings. The summed E-state index contributed by atoms with van der Waals surface area (Å²) in [6, 6.07) is 5.42. The number of hydrogen-bond acceptors (Lipinski definition) is 4. The molecule has 1 atom stereocenters. The number of aromatic hydroxyl groups is 1. The van der Waals surface area contributed by atoms with E-state index < -0.39 is 23.5 Å². The second-order valence-electron chi connectivity index (χ2n) is 6.25. The van der Waals surface area contributed by atoms with Crippen molar-refractivity contribution in [1.29, 1.82) is 0 Å². The molecular weight excluding hydrogens is 270 g/mol. The molecule has 1 rings (SSSR count). The molecule has 0 saturated carbocycles. The molecule has 0 aromatic heterocycles. The van der Waals surface area contributed by atoms with Crippen molar-refractivity contribution in [2.75, 3.05) is 0 Å². The first-order valence-electron chi connectivity index (χ1n) is 6.93. The van der Waals surface area contributed by atoms with Gasteiger partial charge in [-0.3, -0.25) is 4.79 Å². The van der Waals surface area contributed by atoms with Crippen LogP contribution in [0, 0.1) is 5.92 Å². The fourth-order valence-corrected chi connectivity index (χ4v) is 1.75. The number of nitrogens with one attached hydrogen (secondary N) is 1. The Kier molecular flexibility index (Phi) is 5.35. The van der Waals surface area contributed by atoms with Gasteiger partial charge in [-0.25, -0.2) is 4.79 Å². The molecule has 1 aromatic rings. The predicted octanol–water partition coefficient (Wildman–Crippen LogP) is 2.49. The largest absolute Gasteiger partial charge is 0.507 e. The Morgan fingerprint density at radius 1 is 1.19 bits per heavy atom. The molecule has 1 aromatic carbocycles. The summed E-state index contributed by atoms with van der Waals surface area (Å²) >= 11 is 0. The van der Waals surface area contributed by atoms with Crippen molar-refractivity contribution < 1.29 is 19.4 Å². The Labute approximate surface area is 125 Å². The van der Waals surface area contributed by atoms with Gasteiger partial charge in [0.1, 0.15) is 17.4 Å². The first-order valence-corrected chi connectivity index (χ1v) is 6.93. The Morgan fingerprint density at radius 2 is 1.76 bits per heavy atom. The lowest BCUT2D eigenvalue weighted by atomic mass is 10.0. The molecule has 0 unspecified atom stereocenters. The molecule has 0 spiro atoms. The highest BCUT2D eigenvalue weighted by molar-refractivity contribution is 5.99. The van der Waals surface area contributed by atoms with E-state index in [1.165, 1.54) is 12.1 Å². The topological polar surface area (TPSA) is 75.6 Å². The van der Waals surface area contributed by atoms with Crippen LogP contribution in [0.3, 0.4) is 0 Å². The van der Waals surface area contributed by atoms with Crippen LogP contribution in [0.4, 0.5) is 0 Å². The highest BCUT2D eigenvalue weighted by Gasteiger charge is 2.29. The van der Waals surface area contributed by atoms with Gasteiger partial charge in [0.25, 0.3) is 5.91 Å². The Balaban J connectivity index is 2.87. The minimum absolute atomic E-state index is 0.123. The van der Waals surface area contributed by atoms with Crippen LogP contribution in [0.5, 0.6) is 5.75 Å². The minimum Gasteiger partial charge on any atom is -0.507 e. The zero-order valence-corrected chi connectivity index (χ0v) is 13.1. The number of amides is 1. The van der Waals surface area contributed by atoms with E-state index in [-0.39, 0.29) is 17.2 Å². The minimum atomic E-state index is -0.767. The van der Waals surface area contributed by atoms with Crippen molar-refractivity contribution in [3.05, 3.63) is 29.8 Å². The van der Waals surface area contributed by atoms with Gasteiger partial charge in [-0.15, -0.1) is 0 Å². The summed E-state index contributed by atoms with van der Waals surface area (Å²) < 4.78 is 5.31. The molecule has 2 N–H and O–H groups in total. The second-order valence-corrected chi connectivity index (χ2v) is 6.25. The van der Waals surface area contributed by atoms with E-state index in [1.807, 2.05) is 13.8 Å². The number of hydrogen-bond donors (Lipinski definition) is 2. The monoisotopic (exact) mass is 293 g/mol. The van der Waals surface area contributed by atoms with Crippen LogP contribution >= 0.6 is 0 Å². The number of phenols is 1. The number of esters is 1. The van der Waals surface area contributed by atoms with Crippen molar-refractivity contribution in [3.63, 3.8) is 0 Å². The lowest BCUT2D eigenvalue weighted by Crippen LogP contribution is -2.47. The maximum atomic E-state index is 12.2. The summed E-state index contributed by atoms with van der Waals surface area (Å²) in [6.45, 7) is 8.95. The van der Waals surface area contributed by atoms with Crippen molar-refractivity contribution in [3.8, 4) is 5.75 Å². The Hall–Kier alpha value is -2.04. The summed E-state index contributed by atoms with van der Waals surface area (Å²) in [5.41, 5.74) is -0.490. The van der Waals surface area contributed by atoms with E-state index in [0.717, 1.165) is 0 Å². The predicted molar refractivity (Wildman–Crippen MR) is 80.0 cm³/mol. The average Bonchev–Trinajstić information content (AvgIpc) is 2.33. The SMILES string of the molecule is CC(C)[C@@H](NC(=O)c1ccccc1O)C(=O)OC(C)(C)C. The zero-order chi connectivity index (χ0) is 16.2. The molecular formula is C16H23NO4. The number of carbonyl (C=O) groups is 2. The first kappa shape index (κ1) is 17.0. The maximum absolute atomic E-state index is 12.2. The van der Waals surface area contributed by atoms with Crippen LogP contribution in [0.15, 0.2) is 24.3 Å². The fourth-order valence-electron chi connectivity index (χ4n) is 1.75. The number of ether oxygens (including phenoxy) is 1. The third-order valence-corrected chi connectivity index (χ3v) is 2.76. The third-order valence-electron chi connectivity index (χ3n) is 2.76. The maximum Gasteiger partial charge on any atom is 0.329 e. The lowest BCUT2D eigenvalue weighted by molar-refractivity contribution is -0.158. The van der Waals surface area contributed by atoms with Gasteiger partial charge >= 0.3 is 5.97 Å². The molecule has 0 aliphatic carbocycles. The van der Waals surface area contributed by atoms with E-state index in [2.05, 4.69) is 5.32 Å². The first-order chi connectivity index (χ1) is 9.61. The van der Waals surface area contributed by atoms with E-state index >= 15 is 0 Å². The van der Waals surface area contributed by atoms with Gasteiger partial charge in [0.05, 0.1) is 5.56 Å². The van der Waals surface area contributed by atoms with Crippen LogP contribution in [-0.4, -0.2) is 28.6 Å². The summed E-state index contributed by atoms with van der Waals surface area (Å²) in [7, 11) is 0. The van der Waals surface area contributed by atoms with Crippen LogP contribution in [0.25, 0.3) is 0 Å². The van der Waals surface area contributed by atoms with Gasteiger partial charge in [-0.2, -0.15) is 0 Å². The average molecular weight is 293 g/mol. The standard InChI is InChI=1S/C16H23NO4/c1-10(2)13(15(20)21-16(3,4)5)17-14(19)11-8-6-7-9-12(11)18/h6-10,13,18H,1-5H3,(H,17,19)/t13-/m1/s1. The Bertz CT molecular complexity index is 517. The van der Waals surface area contributed by atoms with Crippen LogP contribution in [-0.2, 0) is 9.53 Å². The van der Waals surface area contributed by atoms with E-state index in [9.17, 15) is 14.7 Å². The van der Waals surface area contributed by atoms with Gasteiger partial charge < -0.3 is 15.2 Å². The third kappa shape index (κ3) is 5.10. The molecule has 5 nitrogen and oxygen atoms in total. The molecule has 116 valence electrons. The molecule has 0 bridgehead atoms. The van der Waals surface area contributed by atoms with Crippen molar-refractivity contribution >= 4 is 11.9 Å². The molecule has 0 saturated heterocycles. The van der Waals surface area contributed by atoms with E-state index in [0.29, 0.717) is 0 Å². The number of carbonyl (C=O) groups excluding carboxylic acids is 2. The van der Waals surface area contributed by atoms with Gasteiger partial charge in [0.2, 0.25) is 0 Å². The number of para-hydroxylation sites is 1. The van der Waals surface area contributed by atoms with Crippen LogP contribution < -0.4 is 5.32 Å². The molecule has 1 amide bonds. The van der Waals surface area contributed by atoms with Crippen molar-refractivity contribution in [2.24, 2.45) is 5.92 Å². The summed E-state index contributed by atoms with van der Waals surface area (Å²) in [5, 5.41) is 12.3. The van der Waals surface area contributed by atoms with Gasteiger partial charge in [-0.1, -0.05) is 26.0 Å². The molecule has 5 heteroatoms. The zero-order valence-electron chi connectivity index (χ0n) is 13.1. The summed E-state index contributed by atoms with van der Waals surface area (Å²) in [6.07, 6.45) is 0. The van der Waals surface area contributed by atoms with Gasteiger partial charge in [-0.05, 0) is 38.8 Å². The number of benzene rings is 1. The molecule has 0 fully saturated rings. The molecule has 21 heavy (non-hydrogen) atoms. The number of phenolic OH excluding ortho intramolecular Hbond substituents is 1. The highest BCUT2D eigenvalue weighted by atomic mass is 16.6. The van der Waals surface area contributed by atoms with Crippen LogP contribution in [0.1, 0.15) is 45.0 Å². The van der Waals surface area contributed by atoms with Crippen molar-refractivity contribution in [2.45, 2.75) is 46.3 Å². The fraction of sp³-hybridized carbons (Fsp3) is 0.500. The van der Waals surface area contributed by atoms with Gasteiger partial charge in [0, 0.05) is 0 Å². The number of rotatable bonds is 4. The highest BCUT2D eigenvalue weighted by Crippen LogP contribution is 2.17. The molecule has 0 radical (unpaired) electrons. The second kappa shape index (κ2) is 6.61. The van der Waals surface area contributed by atoms with E-state index in [1.54, 1.807) is 32.9 Å². The summed E-state index contributed by atoms with van der Waals surface area (Å²) in [5.74, 6) is -1.24. The van der Waals surface area contributed by atoms with E-state index in [4.69, 9.17) is 4.74 Å². The smallest absolute Gasteiger partial charge is 0.329 e. The van der Waals surface area contributed by atoms with Gasteiger partial charge in [0.15, 0.2) is 0 Å².